The third-order valence-corrected chi connectivity index (χ3v) is 3.71. The second-order valence-corrected chi connectivity index (χ2v) is 5.29. The summed E-state index contributed by atoms with van der Waals surface area (Å²) in [6, 6.07) is 8.26. The first-order valence-electron chi connectivity index (χ1n) is 7.39. The summed E-state index contributed by atoms with van der Waals surface area (Å²) in [6.45, 7) is 4.91. The molecule has 1 aliphatic rings. The number of nitrogens with one attached hydrogen (secondary N) is 2. The standard InChI is InChI=1S/C16H24N2O2/c1-13-4-2-3-5-14(13)6-11-18-16(19)12-20-15-7-9-17-10-8-15/h2-5,15,17H,6-12H2,1H3,(H,18,19). The lowest BCUT2D eigenvalue weighted by Crippen LogP contribution is -2.36. The molecule has 0 saturated carbocycles. The van der Waals surface area contributed by atoms with Gasteiger partial charge in [-0.25, -0.2) is 0 Å². The number of aryl methyl sites for hydroxylation is 1. The summed E-state index contributed by atoms with van der Waals surface area (Å²) in [7, 11) is 0. The molecule has 1 aromatic rings. The maximum atomic E-state index is 11.7. The zero-order chi connectivity index (χ0) is 14.2. The van der Waals surface area contributed by atoms with Crippen LogP contribution in [-0.4, -0.2) is 38.3 Å². The van der Waals surface area contributed by atoms with Gasteiger partial charge in [0.15, 0.2) is 0 Å². The van der Waals surface area contributed by atoms with Crippen molar-refractivity contribution in [2.45, 2.75) is 32.3 Å². The SMILES string of the molecule is Cc1ccccc1CCNC(=O)COC1CCNCC1. The Morgan fingerprint density at radius 1 is 1.35 bits per heavy atom. The topological polar surface area (TPSA) is 50.4 Å². The normalized spacial score (nSPS) is 16.1. The third kappa shape index (κ3) is 4.94. The Bertz CT molecular complexity index is 428. The molecule has 1 amide bonds. The van der Waals surface area contributed by atoms with Crippen molar-refractivity contribution in [3.8, 4) is 0 Å². The van der Waals surface area contributed by atoms with Crippen LogP contribution in [0.15, 0.2) is 24.3 Å². The number of carbonyl (C=O) groups excluding carboxylic acids is 1. The number of piperidine rings is 1. The number of ether oxygens (including phenoxy) is 1. The van der Waals surface area contributed by atoms with Gasteiger partial charge in [-0.15, -0.1) is 0 Å². The van der Waals surface area contributed by atoms with Crippen LogP contribution in [0, 0.1) is 6.92 Å². The van der Waals surface area contributed by atoms with E-state index >= 15 is 0 Å². The third-order valence-electron chi connectivity index (χ3n) is 3.71. The Balaban J connectivity index is 1.61. The molecule has 0 bridgehead atoms. The van der Waals surface area contributed by atoms with Gasteiger partial charge in [-0.1, -0.05) is 24.3 Å². The van der Waals surface area contributed by atoms with Crippen molar-refractivity contribution < 1.29 is 9.53 Å². The molecule has 1 aromatic carbocycles. The Labute approximate surface area is 120 Å². The highest BCUT2D eigenvalue weighted by Crippen LogP contribution is 2.07. The molecule has 0 unspecified atom stereocenters. The van der Waals surface area contributed by atoms with E-state index in [4.69, 9.17) is 4.74 Å². The lowest BCUT2D eigenvalue weighted by atomic mass is 10.1. The van der Waals surface area contributed by atoms with Gasteiger partial charge in [0.05, 0.1) is 6.10 Å². The fourth-order valence-corrected chi connectivity index (χ4v) is 2.43. The van der Waals surface area contributed by atoms with E-state index in [0.29, 0.717) is 6.54 Å². The van der Waals surface area contributed by atoms with Crippen molar-refractivity contribution in [3.05, 3.63) is 35.4 Å². The van der Waals surface area contributed by atoms with Crippen LogP contribution in [0.25, 0.3) is 0 Å². The molecule has 4 nitrogen and oxygen atoms in total. The summed E-state index contributed by atoms with van der Waals surface area (Å²) in [5.74, 6) is -0.0166. The van der Waals surface area contributed by atoms with Crippen LogP contribution in [0.5, 0.6) is 0 Å². The van der Waals surface area contributed by atoms with Crippen LogP contribution < -0.4 is 10.6 Å². The average Bonchev–Trinajstić information content (AvgIpc) is 2.48. The van der Waals surface area contributed by atoms with Crippen LogP contribution in [0.4, 0.5) is 0 Å². The molecule has 2 N–H and O–H groups in total. The van der Waals surface area contributed by atoms with Gasteiger partial charge in [-0.2, -0.15) is 0 Å². The second kappa shape index (κ2) is 8.02. The molecule has 1 heterocycles. The predicted molar refractivity (Wildman–Crippen MR) is 79.7 cm³/mol. The van der Waals surface area contributed by atoms with Gasteiger partial charge < -0.3 is 15.4 Å². The summed E-state index contributed by atoms with van der Waals surface area (Å²) in [6.07, 6.45) is 3.09. The Morgan fingerprint density at radius 2 is 2.10 bits per heavy atom. The molecular formula is C16H24N2O2. The number of rotatable bonds is 6. The van der Waals surface area contributed by atoms with E-state index in [9.17, 15) is 4.79 Å². The van der Waals surface area contributed by atoms with Gasteiger partial charge in [-0.3, -0.25) is 4.79 Å². The number of hydrogen-bond donors (Lipinski definition) is 2. The first kappa shape index (κ1) is 15.0. The summed E-state index contributed by atoms with van der Waals surface area (Å²) >= 11 is 0. The highest BCUT2D eigenvalue weighted by molar-refractivity contribution is 5.77. The van der Waals surface area contributed by atoms with E-state index in [0.717, 1.165) is 32.4 Å². The van der Waals surface area contributed by atoms with Crippen molar-refractivity contribution in [1.29, 1.82) is 0 Å². The van der Waals surface area contributed by atoms with E-state index in [-0.39, 0.29) is 18.6 Å². The molecule has 0 aromatic heterocycles. The second-order valence-electron chi connectivity index (χ2n) is 5.29. The van der Waals surface area contributed by atoms with Crippen molar-refractivity contribution in [2.24, 2.45) is 0 Å². The smallest absolute Gasteiger partial charge is 0.246 e. The Morgan fingerprint density at radius 3 is 2.85 bits per heavy atom. The predicted octanol–water partition coefficient (Wildman–Crippen LogP) is 1.42. The number of hydrogen-bond acceptors (Lipinski definition) is 3. The average molecular weight is 276 g/mol. The van der Waals surface area contributed by atoms with Crippen molar-refractivity contribution in [2.75, 3.05) is 26.2 Å². The molecule has 1 aliphatic heterocycles. The highest BCUT2D eigenvalue weighted by atomic mass is 16.5. The van der Waals surface area contributed by atoms with Gasteiger partial charge in [0.1, 0.15) is 6.61 Å². The molecule has 0 spiro atoms. The summed E-state index contributed by atoms with van der Waals surface area (Å²) < 4.78 is 5.62. The van der Waals surface area contributed by atoms with Crippen LogP contribution in [-0.2, 0) is 16.0 Å². The van der Waals surface area contributed by atoms with Crippen molar-refractivity contribution in [1.82, 2.24) is 10.6 Å². The molecule has 0 radical (unpaired) electrons. The molecule has 2 rings (SSSR count). The van der Waals surface area contributed by atoms with Gasteiger partial charge in [0, 0.05) is 6.54 Å². The lowest BCUT2D eigenvalue weighted by Gasteiger charge is -2.22. The molecule has 0 atom stereocenters. The minimum absolute atomic E-state index is 0.0166. The van der Waals surface area contributed by atoms with E-state index < -0.39 is 0 Å². The lowest BCUT2D eigenvalue weighted by molar-refractivity contribution is -0.128. The van der Waals surface area contributed by atoms with Gasteiger partial charge >= 0.3 is 0 Å². The highest BCUT2D eigenvalue weighted by Gasteiger charge is 2.14. The van der Waals surface area contributed by atoms with Crippen LogP contribution in [0.1, 0.15) is 24.0 Å². The van der Waals surface area contributed by atoms with Crippen LogP contribution in [0.2, 0.25) is 0 Å². The fourth-order valence-electron chi connectivity index (χ4n) is 2.43. The minimum atomic E-state index is -0.0166. The maximum absolute atomic E-state index is 11.7. The Kier molecular flexibility index (Phi) is 6.02. The zero-order valence-electron chi connectivity index (χ0n) is 12.2. The number of carbonyl (C=O) groups is 1. The quantitative estimate of drug-likeness (QED) is 0.826. The maximum Gasteiger partial charge on any atom is 0.246 e. The van der Waals surface area contributed by atoms with Crippen molar-refractivity contribution in [3.63, 3.8) is 0 Å². The molecule has 1 saturated heterocycles. The molecule has 0 aliphatic carbocycles. The first-order valence-corrected chi connectivity index (χ1v) is 7.39. The fraction of sp³-hybridized carbons (Fsp3) is 0.562. The Hall–Kier alpha value is -1.39. The molecule has 20 heavy (non-hydrogen) atoms. The molecular weight excluding hydrogens is 252 g/mol. The minimum Gasteiger partial charge on any atom is -0.368 e. The first-order chi connectivity index (χ1) is 9.75. The summed E-state index contributed by atoms with van der Waals surface area (Å²) in [4.78, 5) is 11.7. The zero-order valence-corrected chi connectivity index (χ0v) is 12.2. The van der Waals surface area contributed by atoms with Crippen LogP contribution in [0.3, 0.4) is 0 Å². The number of amides is 1. The summed E-state index contributed by atoms with van der Waals surface area (Å²) in [5.41, 5.74) is 2.56. The van der Waals surface area contributed by atoms with E-state index in [1.807, 2.05) is 12.1 Å². The van der Waals surface area contributed by atoms with E-state index in [1.54, 1.807) is 0 Å². The monoisotopic (exact) mass is 276 g/mol. The van der Waals surface area contributed by atoms with Crippen LogP contribution >= 0.6 is 0 Å². The molecule has 110 valence electrons. The van der Waals surface area contributed by atoms with Gasteiger partial charge in [0.25, 0.3) is 0 Å². The molecule has 1 fully saturated rings. The van der Waals surface area contributed by atoms with Gasteiger partial charge in [-0.05, 0) is 50.4 Å². The number of benzene rings is 1. The van der Waals surface area contributed by atoms with E-state index in [1.165, 1.54) is 11.1 Å². The van der Waals surface area contributed by atoms with Crippen molar-refractivity contribution >= 4 is 5.91 Å². The van der Waals surface area contributed by atoms with Gasteiger partial charge in [0.2, 0.25) is 5.91 Å². The van der Waals surface area contributed by atoms with E-state index in [2.05, 4.69) is 29.7 Å². The largest absolute Gasteiger partial charge is 0.368 e. The molecule has 4 heteroatoms. The summed E-state index contributed by atoms with van der Waals surface area (Å²) in [5, 5.41) is 6.20.